The van der Waals surface area contributed by atoms with Crippen LogP contribution in [0.3, 0.4) is 0 Å². The first-order valence-electron chi connectivity index (χ1n) is 8.90. The topological polar surface area (TPSA) is 71.4 Å². The molecule has 1 unspecified atom stereocenters. The third-order valence-corrected chi connectivity index (χ3v) is 5.44. The van der Waals surface area contributed by atoms with Crippen LogP contribution in [-0.4, -0.2) is 33.7 Å². The van der Waals surface area contributed by atoms with Crippen LogP contribution in [0.1, 0.15) is 34.2 Å². The molecule has 0 radical (unpaired) electrons. The van der Waals surface area contributed by atoms with E-state index in [9.17, 15) is 14.4 Å². The van der Waals surface area contributed by atoms with Crippen LogP contribution >= 0.6 is 11.6 Å². The Bertz CT molecular complexity index is 978. The quantitative estimate of drug-likeness (QED) is 0.458. The number of hydrogen-bond donors (Lipinski definition) is 1. The number of allylic oxidation sites excluding steroid dienone is 1. The Labute approximate surface area is 168 Å². The molecule has 1 atom stereocenters. The lowest BCUT2D eigenvalue weighted by molar-refractivity contribution is -0.130. The number of imide groups is 1. The van der Waals surface area contributed by atoms with Gasteiger partial charge in [-0.3, -0.25) is 14.5 Å². The van der Waals surface area contributed by atoms with Crippen LogP contribution in [0.2, 0.25) is 5.02 Å². The number of nitrogens with zero attached hydrogens (tertiary/aromatic N) is 2. The van der Waals surface area contributed by atoms with Crippen LogP contribution in [0.25, 0.3) is 0 Å². The molecular weight excluding hydrogens is 378 g/mol. The van der Waals surface area contributed by atoms with Crippen molar-refractivity contribution in [3.05, 3.63) is 70.5 Å². The van der Waals surface area contributed by atoms with E-state index in [-0.39, 0.29) is 12.3 Å². The molecule has 1 N–H and O–H groups in total. The van der Waals surface area contributed by atoms with Gasteiger partial charge in [0.2, 0.25) is 0 Å². The number of Topliss-reactive ketones (excluding diaryl/α,β-unsaturated/α-hetero) is 1. The molecule has 3 amide bonds. The average Bonchev–Trinajstić information content (AvgIpc) is 3.05. The molecule has 1 aliphatic heterocycles. The maximum absolute atomic E-state index is 13.0. The van der Waals surface area contributed by atoms with Gasteiger partial charge < -0.3 is 9.88 Å². The van der Waals surface area contributed by atoms with Crippen LogP contribution < -0.4 is 5.32 Å². The molecule has 28 heavy (non-hydrogen) atoms. The van der Waals surface area contributed by atoms with Crippen LogP contribution in [0.15, 0.2) is 43.0 Å². The van der Waals surface area contributed by atoms with Crippen LogP contribution in [0, 0.1) is 13.8 Å². The second kappa shape index (κ2) is 7.28. The van der Waals surface area contributed by atoms with Gasteiger partial charge >= 0.3 is 6.03 Å². The summed E-state index contributed by atoms with van der Waals surface area (Å²) in [4.78, 5) is 39.3. The highest BCUT2D eigenvalue weighted by Gasteiger charge is 2.49. The second-order valence-electron chi connectivity index (χ2n) is 7.06. The van der Waals surface area contributed by atoms with Crippen LogP contribution in [-0.2, 0) is 16.9 Å². The molecule has 2 heterocycles. The third-order valence-electron chi connectivity index (χ3n) is 5.18. The minimum absolute atomic E-state index is 0.285. The summed E-state index contributed by atoms with van der Waals surface area (Å²) in [5.41, 5.74) is 1.58. The summed E-state index contributed by atoms with van der Waals surface area (Å²) < 4.78 is 1.96. The SMILES string of the molecule is C=CCn1c(C)cc(C(=O)CN2C(=O)NC(C)(c3ccc(Cl)cc3)C2=O)c1C. The molecule has 1 aliphatic rings. The molecule has 0 bridgehead atoms. The van der Waals surface area contributed by atoms with E-state index in [2.05, 4.69) is 11.9 Å². The van der Waals surface area contributed by atoms with Crippen molar-refractivity contribution in [2.45, 2.75) is 32.9 Å². The summed E-state index contributed by atoms with van der Waals surface area (Å²) >= 11 is 5.91. The van der Waals surface area contributed by atoms with Gasteiger partial charge in [-0.15, -0.1) is 6.58 Å². The van der Waals surface area contributed by atoms with Gasteiger partial charge in [0, 0.05) is 28.5 Å². The van der Waals surface area contributed by atoms with Crippen molar-refractivity contribution in [1.29, 1.82) is 0 Å². The minimum Gasteiger partial charge on any atom is -0.345 e. The first kappa shape index (κ1) is 19.9. The number of nitrogens with one attached hydrogen (secondary N) is 1. The number of carbonyl (C=O) groups is 3. The van der Waals surface area contributed by atoms with E-state index in [1.165, 1.54) is 0 Å². The Morgan fingerprint density at radius 1 is 1.25 bits per heavy atom. The highest BCUT2D eigenvalue weighted by atomic mass is 35.5. The van der Waals surface area contributed by atoms with Gasteiger partial charge in [0.15, 0.2) is 5.78 Å². The maximum Gasteiger partial charge on any atom is 0.325 e. The number of aryl methyl sites for hydroxylation is 1. The monoisotopic (exact) mass is 399 g/mol. The molecule has 0 spiro atoms. The normalized spacial score (nSPS) is 19.1. The standard InChI is InChI=1S/C21H22ClN3O3/c1-5-10-24-13(2)11-17(14(24)3)18(26)12-25-19(27)21(4,23-20(25)28)15-6-8-16(22)9-7-15/h5-9,11H,1,10,12H2,2-4H3,(H,23,28). The van der Waals surface area contributed by atoms with E-state index in [1.807, 2.05) is 18.4 Å². The Balaban J connectivity index is 1.85. The van der Waals surface area contributed by atoms with E-state index < -0.39 is 17.5 Å². The predicted octanol–water partition coefficient (Wildman–Crippen LogP) is 3.59. The van der Waals surface area contributed by atoms with Crippen molar-refractivity contribution in [2.24, 2.45) is 0 Å². The van der Waals surface area contributed by atoms with Crippen molar-refractivity contribution in [3.63, 3.8) is 0 Å². The van der Waals surface area contributed by atoms with Crippen LogP contribution in [0.4, 0.5) is 4.79 Å². The van der Waals surface area contributed by atoms with Gasteiger partial charge in [0.05, 0.1) is 6.54 Å². The van der Waals surface area contributed by atoms with Gasteiger partial charge in [0.1, 0.15) is 5.54 Å². The summed E-state index contributed by atoms with van der Waals surface area (Å²) in [5.74, 6) is -0.750. The Kier molecular flexibility index (Phi) is 5.17. The summed E-state index contributed by atoms with van der Waals surface area (Å²) in [6.45, 7) is 9.36. The molecule has 1 aromatic heterocycles. The van der Waals surface area contributed by atoms with Crippen molar-refractivity contribution in [1.82, 2.24) is 14.8 Å². The lowest BCUT2D eigenvalue weighted by Gasteiger charge is -2.22. The first-order valence-corrected chi connectivity index (χ1v) is 9.27. The van der Waals surface area contributed by atoms with Crippen molar-refractivity contribution in [3.8, 4) is 0 Å². The zero-order valence-electron chi connectivity index (χ0n) is 16.1. The molecule has 1 fully saturated rings. The number of benzene rings is 1. The van der Waals surface area contributed by atoms with E-state index in [0.717, 1.165) is 16.3 Å². The minimum atomic E-state index is -1.23. The van der Waals surface area contributed by atoms with E-state index in [0.29, 0.717) is 22.7 Å². The number of aromatic nitrogens is 1. The van der Waals surface area contributed by atoms with Gasteiger partial charge in [-0.1, -0.05) is 29.8 Å². The Morgan fingerprint density at radius 3 is 2.50 bits per heavy atom. The Hall–Kier alpha value is -2.86. The van der Waals surface area contributed by atoms with Gasteiger partial charge in [-0.25, -0.2) is 4.79 Å². The highest BCUT2D eigenvalue weighted by Crippen LogP contribution is 2.30. The highest BCUT2D eigenvalue weighted by molar-refractivity contribution is 6.30. The fourth-order valence-electron chi connectivity index (χ4n) is 3.54. The largest absolute Gasteiger partial charge is 0.345 e. The molecule has 7 heteroatoms. The number of ketones is 1. The zero-order valence-corrected chi connectivity index (χ0v) is 16.8. The number of urea groups is 1. The number of rotatable bonds is 6. The molecule has 1 aromatic carbocycles. The molecule has 1 saturated heterocycles. The zero-order chi connectivity index (χ0) is 20.6. The third kappa shape index (κ3) is 3.24. The molecule has 0 aliphatic carbocycles. The maximum atomic E-state index is 13.0. The lowest BCUT2D eigenvalue weighted by atomic mass is 9.92. The smallest absolute Gasteiger partial charge is 0.325 e. The van der Waals surface area contributed by atoms with Crippen molar-refractivity contribution >= 4 is 29.3 Å². The molecular formula is C21H22ClN3O3. The molecule has 2 aromatic rings. The average molecular weight is 400 g/mol. The Morgan fingerprint density at radius 2 is 1.89 bits per heavy atom. The summed E-state index contributed by atoms with van der Waals surface area (Å²) in [6.07, 6.45) is 1.75. The fourth-order valence-corrected chi connectivity index (χ4v) is 3.67. The summed E-state index contributed by atoms with van der Waals surface area (Å²) in [7, 11) is 0. The number of amides is 3. The lowest BCUT2D eigenvalue weighted by Crippen LogP contribution is -2.41. The predicted molar refractivity (Wildman–Crippen MR) is 107 cm³/mol. The number of carbonyl (C=O) groups excluding carboxylic acids is 3. The molecule has 146 valence electrons. The molecule has 0 saturated carbocycles. The summed E-state index contributed by atoms with van der Waals surface area (Å²) in [6, 6.07) is 7.88. The van der Waals surface area contributed by atoms with Gasteiger partial charge in [-0.05, 0) is 44.5 Å². The number of halogens is 1. The van der Waals surface area contributed by atoms with Gasteiger partial charge in [-0.2, -0.15) is 0 Å². The van der Waals surface area contributed by atoms with Crippen molar-refractivity contribution in [2.75, 3.05) is 6.54 Å². The van der Waals surface area contributed by atoms with E-state index >= 15 is 0 Å². The van der Waals surface area contributed by atoms with Crippen LogP contribution in [0.5, 0.6) is 0 Å². The number of hydrogen-bond acceptors (Lipinski definition) is 3. The summed E-state index contributed by atoms with van der Waals surface area (Å²) in [5, 5.41) is 3.23. The second-order valence-corrected chi connectivity index (χ2v) is 7.50. The molecule has 6 nitrogen and oxygen atoms in total. The van der Waals surface area contributed by atoms with E-state index in [1.54, 1.807) is 43.3 Å². The van der Waals surface area contributed by atoms with Gasteiger partial charge in [0.25, 0.3) is 5.91 Å². The fraction of sp³-hybridized carbons (Fsp3) is 0.286. The van der Waals surface area contributed by atoms with E-state index in [4.69, 9.17) is 11.6 Å². The first-order chi connectivity index (χ1) is 13.2. The van der Waals surface area contributed by atoms with Crippen molar-refractivity contribution < 1.29 is 14.4 Å². The molecule has 3 rings (SSSR count).